The fraction of sp³-hybridized carbons (Fsp3) is 0.200. The maximum absolute atomic E-state index is 5.91. The monoisotopic (exact) mass is 384 g/mol. The fourth-order valence-corrected chi connectivity index (χ4v) is 2.68. The van der Waals surface area contributed by atoms with Gasteiger partial charge in [-0.3, -0.25) is 0 Å². The lowest BCUT2D eigenvalue weighted by atomic mass is 10.1. The van der Waals surface area contributed by atoms with Crippen molar-refractivity contribution in [3.63, 3.8) is 0 Å². The molecule has 0 fully saturated rings. The zero-order valence-corrected chi connectivity index (χ0v) is 16.0. The van der Waals surface area contributed by atoms with Gasteiger partial charge < -0.3 is 20.1 Å². The van der Waals surface area contributed by atoms with Gasteiger partial charge in [0.15, 0.2) is 0 Å². The number of rotatable bonds is 8. The van der Waals surface area contributed by atoms with Gasteiger partial charge in [-0.05, 0) is 36.2 Å². The van der Waals surface area contributed by atoms with Crippen molar-refractivity contribution in [2.45, 2.75) is 6.42 Å². The Morgan fingerprint density at radius 3 is 2.44 bits per heavy atom. The molecule has 3 rings (SSSR count). The van der Waals surface area contributed by atoms with Gasteiger partial charge in [-0.1, -0.05) is 23.7 Å². The molecule has 0 unspecified atom stereocenters. The summed E-state index contributed by atoms with van der Waals surface area (Å²) in [7, 11) is 3.25. The Morgan fingerprint density at radius 2 is 1.70 bits per heavy atom. The number of hydrogen-bond acceptors (Lipinski definition) is 6. The van der Waals surface area contributed by atoms with E-state index in [4.69, 9.17) is 21.1 Å². The molecular weight excluding hydrogens is 364 g/mol. The second kappa shape index (κ2) is 9.09. The Kier molecular flexibility index (Phi) is 6.33. The smallest absolute Gasteiger partial charge is 0.142 e. The lowest BCUT2D eigenvalue weighted by Crippen LogP contribution is -2.07. The summed E-state index contributed by atoms with van der Waals surface area (Å²) in [5.74, 6) is 2.83. The highest BCUT2D eigenvalue weighted by molar-refractivity contribution is 6.30. The summed E-state index contributed by atoms with van der Waals surface area (Å²) in [5, 5.41) is 7.29. The van der Waals surface area contributed by atoms with Crippen LogP contribution >= 0.6 is 11.6 Å². The first-order valence-corrected chi connectivity index (χ1v) is 8.85. The highest BCUT2D eigenvalue weighted by atomic mass is 35.5. The fourth-order valence-electron chi connectivity index (χ4n) is 2.56. The van der Waals surface area contributed by atoms with Crippen molar-refractivity contribution in [3.05, 3.63) is 65.4 Å². The van der Waals surface area contributed by atoms with E-state index in [1.165, 1.54) is 11.9 Å². The quantitative estimate of drug-likeness (QED) is 0.594. The zero-order valence-electron chi connectivity index (χ0n) is 15.2. The van der Waals surface area contributed by atoms with Crippen LogP contribution < -0.4 is 20.1 Å². The normalized spacial score (nSPS) is 10.3. The van der Waals surface area contributed by atoms with E-state index < -0.39 is 0 Å². The summed E-state index contributed by atoms with van der Waals surface area (Å²) in [6.45, 7) is 0.751. The molecule has 0 aliphatic rings. The SMILES string of the molecule is COc1ccc(OC)c(Nc2cc(NCCc3ccc(Cl)cc3)ncn2)c1. The van der Waals surface area contributed by atoms with Crippen molar-refractivity contribution in [3.8, 4) is 11.5 Å². The number of aromatic nitrogens is 2. The molecule has 140 valence electrons. The highest BCUT2D eigenvalue weighted by Crippen LogP contribution is 2.31. The first kappa shape index (κ1) is 18.8. The Bertz CT molecular complexity index is 887. The van der Waals surface area contributed by atoms with E-state index in [1.807, 2.05) is 48.5 Å². The Balaban J connectivity index is 1.64. The number of nitrogens with zero attached hydrogens (tertiary/aromatic N) is 2. The Morgan fingerprint density at radius 1 is 0.926 bits per heavy atom. The van der Waals surface area contributed by atoms with Crippen LogP contribution in [-0.4, -0.2) is 30.7 Å². The molecular formula is C20H21ClN4O2. The van der Waals surface area contributed by atoms with Crippen LogP contribution in [-0.2, 0) is 6.42 Å². The number of benzene rings is 2. The molecule has 0 amide bonds. The lowest BCUT2D eigenvalue weighted by molar-refractivity contribution is 0.405. The van der Waals surface area contributed by atoms with Crippen LogP contribution in [0.3, 0.4) is 0 Å². The van der Waals surface area contributed by atoms with Crippen molar-refractivity contribution < 1.29 is 9.47 Å². The van der Waals surface area contributed by atoms with Crippen molar-refractivity contribution in [2.24, 2.45) is 0 Å². The van der Waals surface area contributed by atoms with Gasteiger partial charge in [0.1, 0.15) is 29.5 Å². The minimum atomic E-state index is 0.658. The summed E-state index contributed by atoms with van der Waals surface area (Å²) in [6, 6.07) is 15.2. The summed E-state index contributed by atoms with van der Waals surface area (Å²) >= 11 is 5.91. The second-order valence-corrected chi connectivity index (χ2v) is 6.22. The molecule has 0 radical (unpaired) electrons. The predicted molar refractivity (Wildman–Crippen MR) is 109 cm³/mol. The summed E-state index contributed by atoms with van der Waals surface area (Å²) in [4.78, 5) is 8.53. The van der Waals surface area contributed by atoms with E-state index in [9.17, 15) is 0 Å². The van der Waals surface area contributed by atoms with Crippen molar-refractivity contribution >= 4 is 28.9 Å². The van der Waals surface area contributed by atoms with E-state index >= 15 is 0 Å². The van der Waals surface area contributed by atoms with E-state index in [2.05, 4.69) is 20.6 Å². The van der Waals surface area contributed by atoms with Crippen LogP contribution in [0.2, 0.25) is 5.02 Å². The molecule has 1 aromatic heterocycles. The van der Waals surface area contributed by atoms with Crippen molar-refractivity contribution in [1.29, 1.82) is 0 Å². The number of nitrogens with one attached hydrogen (secondary N) is 2. The molecule has 0 saturated heterocycles. The van der Waals surface area contributed by atoms with Crippen molar-refractivity contribution in [1.82, 2.24) is 9.97 Å². The van der Waals surface area contributed by atoms with Crippen molar-refractivity contribution in [2.75, 3.05) is 31.4 Å². The first-order chi connectivity index (χ1) is 13.2. The van der Waals surface area contributed by atoms with Gasteiger partial charge in [-0.2, -0.15) is 0 Å². The van der Waals surface area contributed by atoms with Gasteiger partial charge in [-0.25, -0.2) is 9.97 Å². The van der Waals surface area contributed by atoms with Gasteiger partial charge in [-0.15, -0.1) is 0 Å². The molecule has 27 heavy (non-hydrogen) atoms. The van der Waals surface area contributed by atoms with Gasteiger partial charge in [0, 0.05) is 23.7 Å². The molecule has 0 saturated carbocycles. The molecule has 0 aliphatic carbocycles. The van der Waals surface area contributed by atoms with E-state index in [1.54, 1.807) is 14.2 Å². The van der Waals surface area contributed by atoms with Crippen LogP contribution in [0.15, 0.2) is 54.9 Å². The molecule has 2 N–H and O–H groups in total. The van der Waals surface area contributed by atoms with Crippen LogP contribution in [0.4, 0.5) is 17.3 Å². The molecule has 1 heterocycles. The van der Waals surface area contributed by atoms with E-state index in [0.717, 1.165) is 35.2 Å². The standard InChI is InChI=1S/C20H21ClN4O2/c1-26-16-7-8-18(27-2)17(11-16)25-20-12-19(23-13-24-20)22-10-9-14-3-5-15(21)6-4-14/h3-8,11-13H,9-10H2,1-2H3,(H2,22,23,24,25). The number of hydrogen-bond donors (Lipinski definition) is 2. The minimum absolute atomic E-state index is 0.658. The maximum atomic E-state index is 5.91. The van der Waals surface area contributed by atoms with Crippen LogP contribution in [0.25, 0.3) is 0 Å². The first-order valence-electron chi connectivity index (χ1n) is 8.47. The molecule has 6 nitrogen and oxygen atoms in total. The van der Waals surface area contributed by atoms with Crippen LogP contribution in [0.5, 0.6) is 11.5 Å². The zero-order chi connectivity index (χ0) is 19.1. The van der Waals surface area contributed by atoms with Gasteiger partial charge in [0.2, 0.25) is 0 Å². The van der Waals surface area contributed by atoms with Crippen LogP contribution in [0.1, 0.15) is 5.56 Å². The number of methoxy groups -OCH3 is 2. The third-order valence-electron chi connectivity index (χ3n) is 3.97. The summed E-state index contributed by atoms with van der Waals surface area (Å²) in [6.07, 6.45) is 2.38. The topological polar surface area (TPSA) is 68.3 Å². The highest BCUT2D eigenvalue weighted by Gasteiger charge is 2.07. The molecule has 7 heteroatoms. The van der Waals surface area contributed by atoms with Gasteiger partial charge in [0.25, 0.3) is 0 Å². The van der Waals surface area contributed by atoms with E-state index in [0.29, 0.717) is 11.6 Å². The summed E-state index contributed by atoms with van der Waals surface area (Å²) in [5.41, 5.74) is 1.98. The van der Waals surface area contributed by atoms with E-state index in [-0.39, 0.29) is 0 Å². The molecule has 0 spiro atoms. The second-order valence-electron chi connectivity index (χ2n) is 5.78. The number of ether oxygens (including phenoxy) is 2. The Labute approximate surface area is 163 Å². The molecule has 0 aliphatic heterocycles. The molecule has 0 bridgehead atoms. The number of halogens is 1. The average molecular weight is 385 g/mol. The number of anilines is 3. The predicted octanol–water partition coefficient (Wildman–Crippen LogP) is 4.55. The lowest BCUT2D eigenvalue weighted by Gasteiger charge is -2.13. The van der Waals surface area contributed by atoms with Gasteiger partial charge >= 0.3 is 0 Å². The molecule has 2 aromatic carbocycles. The maximum Gasteiger partial charge on any atom is 0.142 e. The largest absolute Gasteiger partial charge is 0.497 e. The van der Waals surface area contributed by atoms with Crippen LogP contribution in [0, 0.1) is 0 Å². The van der Waals surface area contributed by atoms with Gasteiger partial charge in [0.05, 0.1) is 19.9 Å². The molecule has 0 atom stereocenters. The average Bonchev–Trinajstić information content (AvgIpc) is 2.70. The summed E-state index contributed by atoms with van der Waals surface area (Å²) < 4.78 is 10.7. The third kappa shape index (κ3) is 5.24. The minimum Gasteiger partial charge on any atom is -0.497 e. The molecule has 3 aromatic rings. The third-order valence-corrected chi connectivity index (χ3v) is 4.22. The Hall–Kier alpha value is -2.99.